The third-order valence-corrected chi connectivity index (χ3v) is 8.85. The van der Waals surface area contributed by atoms with Crippen molar-refractivity contribution in [2.45, 2.75) is 6.92 Å². The molecule has 7 aromatic carbocycles. The first-order chi connectivity index (χ1) is 21.2. The number of hydrogen-bond acceptors (Lipinski definition) is 2. The van der Waals surface area contributed by atoms with Gasteiger partial charge in [-0.1, -0.05) is 121 Å². The number of nitrogens with zero attached hydrogens (tertiary/aromatic N) is 2. The molecule has 9 aromatic rings. The molecule has 0 spiro atoms. The van der Waals surface area contributed by atoms with Gasteiger partial charge in [-0.15, -0.1) is 0 Å². The van der Waals surface area contributed by atoms with Gasteiger partial charge in [0, 0.05) is 22.0 Å². The van der Waals surface area contributed by atoms with Crippen LogP contribution in [0.4, 0.5) is 0 Å². The number of rotatable bonds is 3. The number of aryl methyl sites for hydroxylation is 1. The summed E-state index contributed by atoms with van der Waals surface area (Å²) in [6, 6.07) is 50.3. The van der Waals surface area contributed by atoms with Crippen LogP contribution < -0.4 is 0 Å². The predicted octanol–water partition coefficient (Wildman–Crippen LogP) is 11.0. The second-order valence-electron chi connectivity index (χ2n) is 11.5. The molecule has 2 heteroatoms. The van der Waals surface area contributed by atoms with E-state index in [1.165, 1.54) is 54.6 Å². The summed E-state index contributed by atoms with van der Waals surface area (Å²) in [5.41, 5.74) is 9.75. The van der Waals surface area contributed by atoms with Crippen molar-refractivity contribution in [2.75, 3.05) is 0 Å². The molecule has 0 aliphatic heterocycles. The second kappa shape index (κ2) is 9.20. The van der Waals surface area contributed by atoms with Crippen LogP contribution in [-0.2, 0) is 0 Å². The van der Waals surface area contributed by atoms with E-state index in [9.17, 15) is 0 Å². The van der Waals surface area contributed by atoms with E-state index in [-0.39, 0.29) is 0 Å². The van der Waals surface area contributed by atoms with Crippen LogP contribution in [0.25, 0.3) is 87.6 Å². The van der Waals surface area contributed by atoms with E-state index in [0.717, 1.165) is 38.8 Å². The average Bonchev–Trinajstić information content (AvgIpc) is 3.07. The SMILES string of the molecule is Cc1cc(-c2cccc(-c3ccc4ccc5cccc6ccc3c4c56)c2)c2ccc3ccc(-c4ccccc4)nc3c2n1. The fourth-order valence-electron chi connectivity index (χ4n) is 6.85. The standard InChI is InChI=1S/C41H26N2/c1-25-23-36(35-21-17-30-18-22-37(26-7-3-2-4-8-26)43-40(30)41(35)42-25)32-12-6-11-31(24-32)33-19-15-29-14-13-27-9-5-10-28-16-20-34(33)39(29)38(27)28/h2-24H,1H3. The Hall–Kier alpha value is -5.60. The van der Waals surface area contributed by atoms with Gasteiger partial charge in [-0.05, 0) is 79.7 Å². The lowest BCUT2D eigenvalue weighted by Crippen LogP contribution is -1.93. The molecule has 2 nitrogen and oxygen atoms in total. The fourth-order valence-corrected chi connectivity index (χ4v) is 6.85. The summed E-state index contributed by atoms with van der Waals surface area (Å²) in [6.45, 7) is 2.08. The summed E-state index contributed by atoms with van der Waals surface area (Å²) >= 11 is 0. The molecule has 0 N–H and O–H groups in total. The Morgan fingerprint density at radius 1 is 0.395 bits per heavy atom. The number of pyridine rings is 2. The lowest BCUT2D eigenvalue weighted by molar-refractivity contribution is 1.25. The fraction of sp³-hybridized carbons (Fsp3) is 0.0244. The monoisotopic (exact) mass is 546 g/mol. The van der Waals surface area contributed by atoms with Gasteiger partial charge in [0.2, 0.25) is 0 Å². The van der Waals surface area contributed by atoms with E-state index in [0.29, 0.717) is 0 Å². The van der Waals surface area contributed by atoms with Crippen LogP contribution in [0.5, 0.6) is 0 Å². The van der Waals surface area contributed by atoms with Gasteiger partial charge in [0.05, 0.1) is 16.7 Å². The van der Waals surface area contributed by atoms with Gasteiger partial charge in [-0.3, -0.25) is 4.98 Å². The average molecular weight is 547 g/mol. The first-order valence-electron chi connectivity index (χ1n) is 14.8. The zero-order valence-corrected chi connectivity index (χ0v) is 23.7. The smallest absolute Gasteiger partial charge is 0.0974 e. The van der Waals surface area contributed by atoms with Crippen molar-refractivity contribution in [3.05, 3.63) is 145 Å². The van der Waals surface area contributed by atoms with Crippen LogP contribution in [0.15, 0.2) is 140 Å². The molecular weight excluding hydrogens is 520 g/mol. The molecule has 2 aromatic heterocycles. The topological polar surface area (TPSA) is 25.8 Å². The molecule has 0 fully saturated rings. The van der Waals surface area contributed by atoms with Crippen LogP contribution in [-0.4, -0.2) is 9.97 Å². The zero-order chi connectivity index (χ0) is 28.5. The highest BCUT2D eigenvalue weighted by molar-refractivity contribution is 6.25. The molecule has 0 amide bonds. The first kappa shape index (κ1) is 24.0. The van der Waals surface area contributed by atoms with E-state index < -0.39 is 0 Å². The van der Waals surface area contributed by atoms with Gasteiger partial charge in [0.1, 0.15) is 0 Å². The summed E-state index contributed by atoms with van der Waals surface area (Å²) in [5, 5.41) is 10.0. The normalized spacial score (nSPS) is 11.8. The maximum absolute atomic E-state index is 5.13. The van der Waals surface area contributed by atoms with Crippen molar-refractivity contribution in [2.24, 2.45) is 0 Å². The van der Waals surface area contributed by atoms with Gasteiger partial charge in [-0.25, -0.2) is 4.98 Å². The Kier molecular flexibility index (Phi) is 5.15. The van der Waals surface area contributed by atoms with E-state index in [2.05, 4.69) is 140 Å². The van der Waals surface area contributed by atoms with Crippen molar-refractivity contribution >= 4 is 54.1 Å². The maximum Gasteiger partial charge on any atom is 0.0974 e. The molecule has 0 saturated carbocycles. The van der Waals surface area contributed by atoms with Crippen molar-refractivity contribution in [3.63, 3.8) is 0 Å². The maximum atomic E-state index is 5.13. The minimum atomic E-state index is 0.937. The van der Waals surface area contributed by atoms with Crippen LogP contribution in [0.2, 0.25) is 0 Å². The van der Waals surface area contributed by atoms with Crippen LogP contribution in [0.1, 0.15) is 5.69 Å². The zero-order valence-electron chi connectivity index (χ0n) is 23.7. The lowest BCUT2D eigenvalue weighted by atomic mass is 9.89. The minimum absolute atomic E-state index is 0.937. The molecular formula is C41H26N2. The summed E-state index contributed by atoms with van der Waals surface area (Å²) in [4.78, 5) is 10.2. The third-order valence-electron chi connectivity index (χ3n) is 8.85. The predicted molar refractivity (Wildman–Crippen MR) is 182 cm³/mol. The van der Waals surface area contributed by atoms with Crippen LogP contribution >= 0.6 is 0 Å². The largest absolute Gasteiger partial charge is 0.251 e. The molecule has 0 aliphatic carbocycles. The summed E-state index contributed by atoms with van der Waals surface area (Å²) in [6.07, 6.45) is 0. The Labute approximate surface area is 249 Å². The Bertz CT molecular complexity index is 2490. The molecule has 0 aliphatic rings. The number of aromatic nitrogens is 2. The molecule has 43 heavy (non-hydrogen) atoms. The van der Waals surface area contributed by atoms with E-state index in [4.69, 9.17) is 9.97 Å². The molecule has 9 rings (SSSR count). The quantitative estimate of drug-likeness (QED) is 0.206. The molecule has 0 unspecified atom stereocenters. The Morgan fingerprint density at radius 2 is 1.02 bits per heavy atom. The van der Waals surface area contributed by atoms with Crippen molar-refractivity contribution in [3.8, 4) is 33.5 Å². The summed E-state index contributed by atoms with van der Waals surface area (Å²) in [5.74, 6) is 0. The lowest BCUT2D eigenvalue weighted by Gasteiger charge is -2.15. The number of benzene rings is 7. The summed E-state index contributed by atoms with van der Waals surface area (Å²) < 4.78 is 0. The summed E-state index contributed by atoms with van der Waals surface area (Å²) in [7, 11) is 0. The second-order valence-corrected chi connectivity index (χ2v) is 11.5. The van der Waals surface area contributed by atoms with Crippen LogP contribution in [0.3, 0.4) is 0 Å². The van der Waals surface area contributed by atoms with Gasteiger partial charge >= 0.3 is 0 Å². The molecule has 0 atom stereocenters. The van der Waals surface area contributed by atoms with Gasteiger partial charge in [-0.2, -0.15) is 0 Å². The molecule has 0 bridgehead atoms. The van der Waals surface area contributed by atoms with Gasteiger partial charge in [0.15, 0.2) is 0 Å². The molecule has 200 valence electrons. The first-order valence-corrected chi connectivity index (χ1v) is 14.8. The number of hydrogen-bond donors (Lipinski definition) is 0. The Morgan fingerprint density at radius 3 is 1.86 bits per heavy atom. The van der Waals surface area contributed by atoms with Crippen molar-refractivity contribution in [1.29, 1.82) is 0 Å². The highest BCUT2D eigenvalue weighted by Crippen LogP contribution is 2.41. The number of fused-ring (bicyclic) bond motifs is 3. The van der Waals surface area contributed by atoms with E-state index in [1.54, 1.807) is 0 Å². The van der Waals surface area contributed by atoms with Gasteiger partial charge in [0.25, 0.3) is 0 Å². The highest BCUT2D eigenvalue weighted by atomic mass is 14.8. The van der Waals surface area contributed by atoms with Crippen molar-refractivity contribution in [1.82, 2.24) is 9.97 Å². The molecule has 2 heterocycles. The van der Waals surface area contributed by atoms with E-state index >= 15 is 0 Å². The Balaban J connectivity index is 1.25. The van der Waals surface area contributed by atoms with Crippen molar-refractivity contribution < 1.29 is 0 Å². The van der Waals surface area contributed by atoms with E-state index in [1.807, 2.05) is 6.07 Å². The third kappa shape index (κ3) is 3.73. The highest BCUT2D eigenvalue weighted by Gasteiger charge is 2.15. The molecule has 0 radical (unpaired) electrons. The van der Waals surface area contributed by atoms with Gasteiger partial charge < -0.3 is 0 Å². The van der Waals surface area contributed by atoms with Crippen LogP contribution in [0, 0.1) is 6.92 Å². The molecule has 0 saturated heterocycles. The minimum Gasteiger partial charge on any atom is -0.251 e.